The van der Waals surface area contributed by atoms with Gasteiger partial charge >= 0.3 is 0 Å². The standard InChI is InChI=1S/C14H22N4O3S.HI/c1-10-7-13(22(16,19)20)5-4-11(10)8-17-14(15)18-9-12-3-2-6-21-12;/h4-5,7,12H,2-3,6,8-9H2,1H3,(H3,15,17,18)(H2,16,19,20);1H. The van der Waals surface area contributed by atoms with Crippen LogP contribution >= 0.6 is 24.0 Å². The van der Waals surface area contributed by atoms with Crippen LogP contribution < -0.4 is 16.2 Å². The molecule has 0 radical (unpaired) electrons. The van der Waals surface area contributed by atoms with Gasteiger partial charge in [-0.15, -0.1) is 24.0 Å². The van der Waals surface area contributed by atoms with Gasteiger partial charge in [0, 0.05) is 13.2 Å². The average Bonchev–Trinajstić information content (AvgIpc) is 2.96. The number of aryl methyl sites for hydroxylation is 1. The summed E-state index contributed by atoms with van der Waals surface area (Å²) in [4.78, 5) is 4.35. The number of guanidine groups is 1. The third-order valence-corrected chi connectivity index (χ3v) is 4.51. The number of aliphatic imine (C=N–C) groups is 1. The largest absolute Gasteiger partial charge is 0.376 e. The van der Waals surface area contributed by atoms with Crippen molar-refractivity contribution in [1.82, 2.24) is 5.32 Å². The number of nitrogens with two attached hydrogens (primary N) is 2. The Bertz CT molecular complexity index is 658. The number of hydrogen-bond acceptors (Lipinski definition) is 4. The number of halogens is 1. The molecule has 1 aliphatic heterocycles. The van der Waals surface area contributed by atoms with Crippen LogP contribution in [0.25, 0.3) is 0 Å². The van der Waals surface area contributed by atoms with E-state index in [1.54, 1.807) is 6.07 Å². The van der Waals surface area contributed by atoms with Crippen molar-refractivity contribution < 1.29 is 13.2 Å². The highest BCUT2D eigenvalue weighted by atomic mass is 127. The smallest absolute Gasteiger partial charge is 0.238 e. The summed E-state index contributed by atoms with van der Waals surface area (Å²) in [6.45, 7) is 3.65. The Labute approximate surface area is 153 Å². The van der Waals surface area contributed by atoms with Crippen LogP contribution in [0, 0.1) is 6.92 Å². The van der Waals surface area contributed by atoms with Crippen molar-refractivity contribution in [2.24, 2.45) is 15.9 Å². The second-order valence-corrected chi connectivity index (χ2v) is 6.91. The molecular formula is C14H23IN4O3S. The number of sulfonamides is 1. The van der Waals surface area contributed by atoms with Gasteiger partial charge in [-0.3, -0.25) is 0 Å². The van der Waals surface area contributed by atoms with Gasteiger partial charge in [0.2, 0.25) is 10.0 Å². The van der Waals surface area contributed by atoms with Gasteiger partial charge < -0.3 is 15.8 Å². The van der Waals surface area contributed by atoms with Gasteiger partial charge in [0.25, 0.3) is 0 Å². The number of ether oxygens (including phenoxy) is 1. The molecule has 5 N–H and O–H groups in total. The minimum atomic E-state index is -3.68. The lowest BCUT2D eigenvalue weighted by Gasteiger charge is -2.11. The molecule has 1 aliphatic rings. The first-order valence-electron chi connectivity index (χ1n) is 7.14. The topological polar surface area (TPSA) is 120 Å². The van der Waals surface area contributed by atoms with Crippen molar-refractivity contribution in [2.45, 2.75) is 37.3 Å². The van der Waals surface area contributed by atoms with Crippen molar-refractivity contribution in [1.29, 1.82) is 0 Å². The Morgan fingerprint density at radius 3 is 2.78 bits per heavy atom. The minimum Gasteiger partial charge on any atom is -0.376 e. The summed E-state index contributed by atoms with van der Waals surface area (Å²) in [6.07, 6.45) is 2.32. The van der Waals surface area contributed by atoms with Crippen LogP contribution in [0.15, 0.2) is 28.1 Å². The molecular weight excluding hydrogens is 431 g/mol. The van der Waals surface area contributed by atoms with E-state index < -0.39 is 10.0 Å². The van der Waals surface area contributed by atoms with Crippen molar-refractivity contribution >= 4 is 40.0 Å². The highest BCUT2D eigenvalue weighted by Crippen LogP contribution is 2.15. The summed E-state index contributed by atoms with van der Waals surface area (Å²) in [5.41, 5.74) is 7.52. The summed E-state index contributed by atoms with van der Waals surface area (Å²) in [6, 6.07) is 4.71. The van der Waals surface area contributed by atoms with Crippen LogP contribution in [0.5, 0.6) is 0 Å². The second-order valence-electron chi connectivity index (χ2n) is 5.35. The summed E-state index contributed by atoms with van der Waals surface area (Å²) in [5, 5.41) is 8.14. The molecule has 23 heavy (non-hydrogen) atoms. The Kier molecular flexibility index (Phi) is 7.71. The van der Waals surface area contributed by atoms with Gasteiger partial charge in [-0.2, -0.15) is 0 Å². The normalized spacial score (nSPS) is 18.5. The number of nitrogens with zero attached hydrogens (tertiary/aromatic N) is 1. The minimum absolute atomic E-state index is 0. The van der Waals surface area contributed by atoms with Gasteiger partial charge in [-0.1, -0.05) is 6.07 Å². The molecule has 0 aliphatic carbocycles. The molecule has 0 saturated carbocycles. The second kappa shape index (κ2) is 8.81. The monoisotopic (exact) mass is 454 g/mol. The van der Waals surface area contributed by atoms with Crippen LogP contribution in [-0.2, 0) is 21.3 Å². The summed E-state index contributed by atoms with van der Waals surface area (Å²) in [5.74, 6) is 0.352. The SMILES string of the molecule is Cc1cc(S(N)(=O)=O)ccc1CN=C(N)NCC1CCCO1.I. The van der Waals surface area contributed by atoms with E-state index >= 15 is 0 Å². The number of benzene rings is 1. The van der Waals surface area contributed by atoms with Gasteiger partial charge in [-0.25, -0.2) is 18.5 Å². The van der Waals surface area contributed by atoms with Crippen LogP contribution in [0.1, 0.15) is 24.0 Å². The van der Waals surface area contributed by atoms with E-state index in [0.29, 0.717) is 19.0 Å². The molecule has 1 unspecified atom stereocenters. The number of nitrogens with one attached hydrogen (secondary N) is 1. The third kappa shape index (κ3) is 6.24. The molecule has 1 aromatic rings. The zero-order chi connectivity index (χ0) is 16.2. The molecule has 0 aromatic heterocycles. The Balaban J connectivity index is 0.00000264. The van der Waals surface area contributed by atoms with E-state index in [0.717, 1.165) is 30.6 Å². The zero-order valence-corrected chi connectivity index (χ0v) is 16.1. The molecule has 9 heteroatoms. The summed E-state index contributed by atoms with van der Waals surface area (Å²) in [7, 11) is -3.68. The first-order valence-corrected chi connectivity index (χ1v) is 8.68. The third-order valence-electron chi connectivity index (χ3n) is 3.60. The zero-order valence-electron chi connectivity index (χ0n) is 13.0. The van der Waals surface area contributed by atoms with Gasteiger partial charge in [0.15, 0.2) is 5.96 Å². The fraction of sp³-hybridized carbons (Fsp3) is 0.500. The molecule has 1 fully saturated rings. The van der Waals surface area contributed by atoms with Gasteiger partial charge in [0.1, 0.15) is 0 Å². The van der Waals surface area contributed by atoms with Crippen LogP contribution in [0.4, 0.5) is 0 Å². The molecule has 0 bridgehead atoms. The molecule has 1 heterocycles. The lowest BCUT2D eigenvalue weighted by Crippen LogP contribution is -2.37. The van der Waals surface area contributed by atoms with E-state index in [-0.39, 0.29) is 35.0 Å². The molecule has 1 aromatic carbocycles. The van der Waals surface area contributed by atoms with E-state index in [2.05, 4.69) is 10.3 Å². The summed E-state index contributed by atoms with van der Waals surface area (Å²) >= 11 is 0. The molecule has 1 atom stereocenters. The van der Waals surface area contributed by atoms with Gasteiger partial charge in [-0.05, 0) is 43.0 Å². The molecule has 7 nitrogen and oxygen atoms in total. The Morgan fingerprint density at radius 1 is 1.48 bits per heavy atom. The average molecular weight is 454 g/mol. The van der Waals surface area contributed by atoms with E-state index in [1.165, 1.54) is 12.1 Å². The lowest BCUT2D eigenvalue weighted by atomic mass is 10.1. The maximum Gasteiger partial charge on any atom is 0.238 e. The Morgan fingerprint density at radius 2 is 2.22 bits per heavy atom. The van der Waals surface area contributed by atoms with E-state index in [1.807, 2.05) is 6.92 Å². The van der Waals surface area contributed by atoms with Gasteiger partial charge in [0.05, 0.1) is 17.5 Å². The van der Waals surface area contributed by atoms with Crippen molar-refractivity contribution in [3.63, 3.8) is 0 Å². The maximum absolute atomic E-state index is 11.3. The Hall–Kier alpha value is -0.910. The van der Waals surface area contributed by atoms with Crippen LogP contribution in [-0.4, -0.2) is 33.6 Å². The van der Waals surface area contributed by atoms with Crippen molar-refractivity contribution in [3.8, 4) is 0 Å². The fourth-order valence-electron chi connectivity index (χ4n) is 2.27. The molecule has 1 saturated heterocycles. The number of hydrogen-bond donors (Lipinski definition) is 3. The van der Waals surface area contributed by atoms with Crippen LogP contribution in [0.3, 0.4) is 0 Å². The van der Waals surface area contributed by atoms with Crippen molar-refractivity contribution in [3.05, 3.63) is 29.3 Å². The highest BCUT2D eigenvalue weighted by molar-refractivity contribution is 14.0. The first-order chi connectivity index (χ1) is 10.4. The van der Waals surface area contributed by atoms with Crippen LogP contribution in [0.2, 0.25) is 0 Å². The maximum atomic E-state index is 11.3. The molecule has 0 spiro atoms. The fourth-order valence-corrected chi connectivity index (χ4v) is 2.87. The van der Waals surface area contributed by atoms with E-state index in [4.69, 9.17) is 15.6 Å². The molecule has 130 valence electrons. The lowest BCUT2D eigenvalue weighted by molar-refractivity contribution is 0.114. The molecule has 2 rings (SSSR count). The van der Waals surface area contributed by atoms with Crippen molar-refractivity contribution in [2.75, 3.05) is 13.2 Å². The quantitative estimate of drug-likeness (QED) is 0.346. The number of primary sulfonamides is 1. The molecule has 0 amide bonds. The van der Waals surface area contributed by atoms with E-state index in [9.17, 15) is 8.42 Å². The predicted octanol–water partition coefficient (Wildman–Crippen LogP) is 0.844. The summed E-state index contributed by atoms with van der Waals surface area (Å²) < 4.78 is 28.1. The highest BCUT2D eigenvalue weighted by Gasteiger charge is 2.15. The predicted molar refractivity (Wildman–Crippen MR) is 100 cm³/mol. The first kappa shape index (κ1) is 20.1. The number of rotatable bonds is 5.